The summed E-state index contributed by atoms with van der Waals surface area (Å²) < 4.78 is 95.1. The smallest absolute Gasteiger partial charge is 0.390 e. The lowest BCUT2D eigenvalue weighted by molar-refractivity contribution is -0.347. The highest BCUT2D eigenvalue weighted by Crippen LogP contribution is 2.62. The summed E-state index contributed by atoms with van der Waals surface area (Å²) in [6.45, 7) is 11.5. The van der Waals surface area contributed by atoms with E-state index in [2.05, 4.69) is 19.6 Å². The number of hydrogen-bond acceptors (Lipinski definition) is 2. The second kappa shape index (κ2) is 13.6. The number of alkyl halides is 7. The minimum absolute atomic E-state index is 0.00973. The van der Waals surface area contributed by atoms with Crippen LogP contribution in [0.5, 0.6) is 0 Å². The van der Waals surface area contributed by atoms with Gasteiger partial charge < -0.3 is 10.2 Å². The fraction of sp³-hybridized carbons (Fsp3) is 0.771. The van der Waals surface area contributed by atoms with Crippen molar-refractivity contribution in [1.82, 2.24) is 0 Å². The van der Waals surface area contributed by atoms with Crippen molar-refractivity contribution in [3.63, 3.8) is 0 Å². The molecule has 0 radical (unpaired) electrons. The number of allylic oxidation sites excluding steroid dienone is 6. The number of hydrogen-bond donors (Lipinski definition) is 2. The molecule has 0 aromatic carbocycles. The summed E-state index contributed by atoms with van der Waals surface area (Å²) in [4.78, 5) is 0. The van der Waals surface area contributed by atoms with Gasteiger partial charge in [0.05, 0.1) is 5.60 Å². The van der Waals surface area contributed by atoms with Gasteiger partial charge in [0.25, 0.3) is 5.60 Å². The fourth-order valence-electron chi connectivity index (χ4n) is 8.34. The predicted octanol–water partition coefficient (Wildman–Crippen LogP) is 10.7. The second-order valence-corrected chi connectivity index (χ2v) is 14.8. The molecule has 0 amide bonds. The van der Waals surface area contributed by atoms with Crippen LogP contribution in [0.25, 0.3) is 0 Å². The van der Waals surface area contributed by atoms with Gasteiger partial charge in [0.2, 0.25) is 0 Å². The van der Waals surface area contributed by atoms with Crippen molar-refractivity contribution in [3.8, 4) is 0 Å². The van der Waals surface area contributed by atoms with Crippen molar-refractivity contribution in [2.75, 3.05) is 0 Å². The lowest BCUT2D eigenvalue weighted by Crippen LogP contribution is -2.55. The van der Waals surface area contributed by atoms with Crippen LogP contribution in [0.4, 0.5) is 30.7 Å². The molecule has 5 atom stereocenters. The van der Waals surface area contributed by atoms with Crippen LogP contribution in [0, 0.1) is 22.7 Å². The summed E-state index contributed by atoms with van der Waals surface area (Å²) in [7, 11) is 0. The molecule has 0 spiro atoms. The van der Waals surface area contributed by atoms with E-state index < -0.39 is 35.1 Å². The van der Waals surface area contributed by atoms with Crippen LogP contribution in [0.3, 0.4) is 0 Å². The molecule has 3 rings (SSSR count). The molecule has 3 saturated carbocycles. The number of halogens is 7. The van der Waals surface area contributed by atoms with Gasteiger partial charge >= 0.3 is 12.4 Å². The van der Waals surface area contributed by atoms with Gasteiger partial charge in [-0.25, -0.2) is 4.39 Å². The largest absolute Gasteiger partial charge is 0.429 e. The topological polar surface area (TPSA) is 40.5 Å². The molecular formula is C35H51F7O2. The minimum atomic E-state index is -5.91. The maximum absolute atomic E-state index is 14.5. The highest BCUT2D eigenvalue weighted by Gasteiger charge is 2.69. The van der Waals surface area contributed by atoms with Gasteiger partial charge in [-0.15, -0.1) is 0 Å². The predicted molar refractivity (Wildman–Crippen MR) is 161 cm³/mol. The molecule has 0 aromatic heterocycles. The van der Waals surface area contributed by atoms with E-state index in [-0.39, 0.29) is 29.7 Å². The Kier molecular flexibility index (Phi) is 11.4. The normalized spacial score (nSPS) is 31.3. The summed E-state index contributed by atoms with van der Waals surface area (Å²) in [6, 6.07) is 0. The molecule has 0 aromatic rings. The van der Waals surface area contributed by atoms with Gasteiger partial charge in [0, 0.05) is 0 Å². The lowest BCUT2D eigenvalue weighted by atomic mass is 9.47. The summed E-state index contributed by atoms with van der Waals surface area (Å²) in [5.74, 6) is 0.177. The Bertz CT molecular complexity index is 1080. The number of rotatable bonds is 9. The summed E-state index contributed by atoms with van der Waals surface area (Å²) >= 11 is 0. The Morgan fingerprint density at radius 2 is 1.52 bits per heavy atom. The first-order valence-corrected chi connectivity index (χ1v) is 16.1. The molecular weight excluding hydrogens is 585 g/mol. The molecule has 0 saturated heterocycles. The second-order valence-electron chi connectivity index (χ2n) is 14.8. The van der Waals surface area contributed by atoms with Crippen LogP contribution in [-0.4, -0.2) is 39.9 Å². The number of fused-ring (bicyclic) bond motifs is 1. The van der Waals surface area contributed by atoms with Gasteiger partial charge in [-0.1, -0.05) is 57.1 Å². The molecule has 44 heavy (non-hydrogen) atoms. The van der Waals surface area contributed by atoms with E-state index in [4.69, 9.17) is 0 Å². The minimum Gasteiger partial charge on any atom is -0.390 e. The SMILES string of the molecule is C=C1/C(=C\C=C2/CCCC3(C)C2CCCC3[C@](C)(C/C=C/C(O)(C(F)(F)F)C(F)(F)F)CCCC(C)(C)O)CCCCC1F. The van der Waals surface area contributed by atoms with E-state index in [1.807, 2.05) is 13.0 Å². The van der Waals surface area contributed by atoms with E-state index in [1.165, 1.54) is 5.57 Å². The van der Waals surface area contributed by atoms with Gasteiger partial charge in [-0.2, -0.15) is 26.3 Å². The molecule has 9 heteroatoms. The molecule has 2 N–H and O–H groups in total. The van der Waals surface area contributed by atoms with E-state index in [9.17, 15) is 40.9 Å². The molecule has 252 valence electrons. The van der Waals surface area contributed by atoms with Crippen molar-refractivity contribution >= 4 is 0 Å². The molecule has 2 nitrogen and oxygen atoms in total. The quantitative estimate of drug-likeness (QED) is 0.150. The summed E-state index contributed by atoms with van der Waals surface area (Å²) in [5.41, 5.74) is -4.06. The Labute approximate surface area is 258 Å². The van der Waals surface area contributed by atoms with Gasteiger partial charge in [-0.3, -0.25) is 0 Å². The van der Waals surface area contributed by atoms with Gasteiger partial charge in [0.1, 0.15) is 6.17 Å². The van der Waals surface area contributed by atoms with E-state index in [0.29, 0.717) is 31.3 Å². The lowest BCUT2D eigenvalue weighted by Gasteiger charge is -2.57. The van der Waals surface area contributed by atoms with Crippen molar-refractivity contribution in [3.05, 3.63) is 47.6 Å². The van der Waals surface area contributed by atoms with Crippen LogP contribution in [0.15, 0.2) is 47.6 Å². The third-order valence-electron chi connectivity index (χ3n) is 10.8. The van der Waals surface area contributed by atoms with Gasteiger partial charge in [0.15, 0.2) is 0 Å². The molecule has 3 aliphatic carbocycles. The molecule has 4 unspecified atom stereocenters. The Hall–Kier alpha value is -1.61. The average molecular weight is 637 g/mol. The number of aliphatic hydroxyl groups is 2. The zero-order chi connectivity index (χ0) is 33.2. The van der Waals surface area contributed by atoms with Crippen molar-refractivity contribution in [2.24, 2.45) is 22.7 Å². The zero-order valence-corrected chi connectivity index (χ0v) is 26.7. The fourth-order valence-corrected chi connectivity index (χ4v) is 8.34. The Morgan fingerprint density at radius 3 is 2.14 bits per heavy atom. The van der Waals surface area contributed by atoms with Crippen LogP contribution in [-0.2, 0) is 0 Å². The van der Waals surface area contributed by atoms with Gasteiger partial charge in [-0.05, 0) is 131 Å². The molecule has 0 bridgehead atoms. The molecule has 0 heterocycles. The third-order valence-corrected chi connectivity index (χ3v) is 10.8. The summed E-state index contributed by atoms with van der Waals surface area (Å²) in [5, 5.41) is 20.1. The first-order chi connectivity index (χ1) is 20.1. The van der Waals surface area contributed by atoms with Crippen LogP contribution in [0.2, 0.25) is 0 Å². The highest BCUT2D eigenvalue weighted by molar-refractivity contribution is 5.37. The monoisotopic (exact) mass is 636 g/mol. The van der Waals surface area contributed by atoms with E-state index in [1.54, 1.807) is 13.8 Å². The molecule has 0 aliphatic heterocycles. The molecule has 3 fully saturated rings. The van der Waals surface area contributed by atoms with Crippen molar-refractivity contribution in [1.29, 1.82) is 0 Å². The van der Waals surface area contributed by atoms with Crippen molar-refractivity contribution < 1.29 is 40.9 Å². The van der Waals surface area contributed by atoms with Crippen LogP contribution in [0.1, 0.15) is 118 Å². The Morgan fingerprint density at radius 1 is 0.864 bits per heavy atom. The van der Waals surface area contributed by atoms with Crippen molar-refractivity contribution in [2.45, 2.75) is 147 Å². The first-order valence-electron chi connectivity index (χ1n) is 16.1. The third kappa shape index (κ3) is 8.21. The highest BCUT2D eigenvalue weighted by atomic mass is 19.4. The summed E-state index contributed by atoms with van der Waals surface area (Å²) in [6.07, 6.45) is 1.72. The molecule has 3 aliphatic rings. The Balaban J connectivity index is 1.97. The van der Waals surface area contributed by atoms with E-state index in [0.717, 1.165) is 69.4 Å². The van der Waals surface area contributed by atoms with Crippen LogP contribution < -0.4 is 0 Å². The maximum atomic E-state index is 14.5. The van der Waals surface area contributed by atoms with Crippen LogP contribution >= 0.6 is 0 Å². The van der Waals surface area contributed by atoms with E-state index >= 15 is 0 Å². The first kappa shape index (κ1) is 36.9. The zero-order valence-electron chi connectivity index (χ0n) is 26.7. The average Bonchev–Trinajstić information content (AvgIpc) is 3.04. The standard InChI is InChI=1S/C35H51F7O2/c1-24-25(12-6-7-15-28(24)36)17-18-26-13-9-22-32(5)27(26)14-8-16-29(32)31(4,20-10-19-30(2,3)43)21-11-23-33(44,34(37,38)39)35(40,41)42/h11,17-18,23,27-29,43-44H,1,6-10,12-16,19-22H2,2-5H3/b23-11+,25-17-,26-18+/t27?,28?,29?,31-,32?/m0/s1. The maximum Gasteiger partial charge on any atom is 0.429 e.